The van der Waals surface area contributed by atoms with Gasteiger partial charge in [0.05, 0.1) is 11.3 Å². The van der Waals surface area contributed by atoms with Crippen molar-refractivity contribution in [1.29, 1.82) is 0 Å². The van der Waals surface area contributed by atoms with Gasteiger partial charge >= 0.3 is 0 Å². The van der Waals surface area contributed by atoms with Gasteiger partial charge in [0.25, 0.3) is 0 Å². The van der Waals surface area contributed by atoms with Gasteiger partial charge in [-0.1, -0.05) is 6.07 Å². The van der Waals surface area contributed by atoms with Gasteiger partial charge in [-0.05, 0) is 19.1 Å². The third kappa shape index (κ3) is 3.77. The number of aromatic nitrogens is 4. The van der Waals surface area contributed by atoms with Gasteiger partial charge in [0.2, 0.25) is 0 Å². The number of thiazole rings is 1. The summed E-state index contributed by atoms with van der Waals surface area (Å²) in [5.74, 6) is -1.20. The van der Waals surface area contributed by atoms with Gasteiger partial charge in [0.15, 0.2) is 0 Å². The molecule has 0 spiro atoms. The van der Waals surface area contributed by atoms with E-state index in [2.05, 4.69) is 20.5 Å². The number of hydrogen-bond acceptors (Lipinski definition) is 5. The monoisotopic (exact) mass is 335 g/mol. The van der Waals surface area contributed by atoms with Crippen molar-refractivity contribution in [1.82, 2.24) is 25.1 Å². The zero-order valence-corrected chi connectivity index (χ0v) is 13.2. The van der Waals surface area contributed by atoms with Crippen LogP contribution in [0.4, 0.5) is 8.78 Å². The standard InChI is InChI=1S/C15H15F2N5S/c1-10(6-22-8-19-20-9-22)18-5-14-21-13(7-23-14)15-11(16)3-2-4-12(15)17/h2-4,7-10,18H,5-6H2,1H3. The van der Waals surface area contributed by atoms with Crippen LogP contribution in [-0.2, 0) is 13.1 Å². The van der Waals surface area contributed by atoms with E-state index in [9.17, 15) is 8.78 Å². The summed E-state index contributed by atoms with van der Waals surface area (Å²) in [6.07, 6.45) is 3.31. The average molecular weight is 335 g/mol. The van der Waals surface area contributed by atoms with E-state index in [4.69, 9.17) is 0 Å². The number of rotatable bonds is 6. The Balaban J connectivity index is 1.63. The molecule has 23 heavy (non-hydrogen) atoms. The van der Waals surface area contributed by atoms with E-state index in [0.717, 1.165) is 11.6 Å². The van der Waals surface area contributed by atoms with Crippen molar-refractivity contribution in [3.63, 3.8) is 0 Å². The maximum absolute atomic E-state index is 13.8. The van der Waals surface area contributed by atoms with Gasteiger partial charge < -0.3 is 9.88 Å². The van der Waals surface area contributed by atoms with Crippen LogP contribution in [0.25, 0.3) is 11.3 Å². The lowest BCUT2D eigenvalue weighted by molar-refractivity contribution is 0.475. The second-order valence-electron chi connectivity index (χ2n) is 5.16. The lowest BCUT2D eigenvalue weighted by atomic mass is 10.1. The van der Waals surface area contributed by atoms with E-state index in [1.165, 1.54) is 29.5 Å². The minimum absolute atomic E-state index is 0.0764. The molecule has 0 aliphatic heterocycles. The molecule has 0 radical (unpaired) electrons. The molecular weight excluding hydrogens is 320 g/mol. The van der Waals surface area contributed by atoms with Crippen LogP contribution in [0.1, 0.15) is 11.9 Å². The second-order valence-corrected chi connectivity index (χ2v) is 6.11. The van der Waals surface area contributed by atoms with Crippen molar-refractivity contribution in [2.75, 3.05) is 0 Å². The maximum Gasteiger partial charge on any atom is 0.135 e. The van der Waals surface area contributed by atoms with Crippen LogP contribution >= 0.6 is 11.3 Å². The van der Waals surface area contributed by atoms with Crippen LogP contribution in [-0.4, -0.2) is 25.8 Å². The van der Waals surface area contributed by atoms with Crippen LogP contribution in [0.15, 0.2) is 36.2 Å². The molecule has 0 aliphatic rings. The Morgan fingerprint density at radius 1 is 1.22 bits per heavy atom. The SMILES string of the molecule is CC(Cn1cnnc1)NCc1nc(-c2c(F)cccc2F)cs1. The number of nitrogens with one attached hydrogen (secondary N) is 1. The molecule has 0 saturated heterocycles. The first-order valence-corrected chi connectivity index (χ1v) is 7.96. The Kier molecular flexibility index (Phi) is 4.73. The predicted molar refractivity (Wildman–Crippen MR) is 83.8 cm³/mol. The first-order chi connectivity index (χ1) is 11.1. The van der Waals surface area contributed by atoms with Crippen LogP contribution in [0.2, 0.25) is 0 Å². The second kappa shape index (κ2) is 6.93. The van der Waals surface area contributed by atoms with E-state index < -0.39 is 11.6 Å². The maximum atomic E-state index is 13.8. The molecule has 2 aromatic heterocycles. The van der Waals surface area contributed by atoms with Crippen molar-refractivity contribution in [3.05, 3.63) is 52.9 Å². The molecular formula is C15H15F2N5S. The summed E-state index contributed by atoms with van der Waals surface area (Å²) in [4.78, 5) is 4.32. The normalized spacial score (nSPS) is 12.5. The Morgan fingerprint density at radius 2 is 1.91 bits per heavy atom. The van der Waals surface area contributed by atoms with Gasteiger partial charge in [0.1, 0.15) is 29.3 Å². The largest absolute Gasteiger partial charge is 0.319 e. The smallest absolute Gasteiger partial charge is 0.135 e. The first kappa shape index (κ1) is 15.7. The molecule has 1 aromatic carbocycles. The zero-order valence-electron chi connectivity index (χ0n) is 12.4. The summed E-state index contributed by atoms with van der Waals surface area (Å²) in [5.41, 5.74) is 0.251. The third-order valence-electron chi connectivity index (χ3n) is 3.32. The Labute approximate surface area is 136 Å². The summed E-state index contributed by atoms with van der Waals surface area (Å²) >= 11 is 1.37. The highest BCUT2D eigenvalue weighted by molar-refractivity contribution is 7.09. The molecule has 3 rings (SSSR count). The van der Waals surface area contributed by atoms with Crippen molar-refractivity contribution in [3.8, 4) is 11.3 Å². The van der Waals surface area contributed by atoms with Crippen molar-refractivity contribution < 1.29 is 8.78 Å². The Morgan fingerprint density at radius 3 is 2.61 bits per heavy atom. The average Bonchev–Trinajstić information content (AvgIpc) is 3.17. The first-order valence-electron chi connectivity index (χ1n) is 7.08. The highest BCUT2D eigenvalue weighted by Crippen LogP contribution is 2.27. The van der Waals surface area contributed by atoms with Gasteiger partial charge in [-0.3, -0.25) is 0 Å². The van der Waals surface area contributed by atoms with Crippen molar-refractivity contribution >= 4 is 11.3 Å². The van der Waals surface area contributed by atoms with Crippen LogP contribution in [0.5, 0.6) is 0 Å². The zero-order chi connectivity index (χ0) is 16.2. The molecule has 0 fully saturated rings. The topological polar surface area (TPSA) is 55.6 Å². The molecule has 1 atom stereocenters. The molecule has 0 saturated carbocycles. The molecule has 1 N–H and O–H groups in total. The molecule has 5 nitrogen and oxygen atoms in total. The van der Waals surface area contributed by atoms with E-state index >= 15 is 0 Å². The fraction of sp³-hybridized carbons (Fsp3) is 0.267. The number of benzene rings is 1. The molecule has 2 heterocycles. The molecule has 8 heteroatoms. The number of nitrogens with zero attached hydrogens (tertiary/aromatic N) is 4. The number of halogens is 2. The van der Waals surface area contributed by atoms with Crippen molar-refractivity contribution in [2.45, 2.75) is 26.1 Å². The summed E-state index contributed by atoms with van der Waals surface area (Å²) in [6, 6.07) is 3.99. The van der Waals surface area contributed by atoms with Gasteiger partial charge in [-0.2, -0.15) is 0 Å². The Bertz CT molecular complexity index is 752. The van der Waals surface area contributed by atoms with E-state index in [1.807, 2.05) is 11.5 Å². The molecule has 0 bridgehead atoms. The van der Waals surface area contributed by atoms with Gasteiger partial charge in [0, 0.05) is 24.5 Å². The lowest BCUT2D eigenvalue weighted by Gasteiger charge is -2.12. The summed E-state index contributed by atoms with van der Waals surface area (Å²) in [6.45, 7) is 3.29. The van der Waals surface area contributed by atoms with E-state index in [-0.39, 0.29) is 11.6 Å². The van der Waals surface area contributed by atoms with Gasteiger partial charge in [-0.15, -0.1) is 21.5 Å². The van der Waals surface area contributed by atoms with Crippen LogP contribution < -0.4 is 5.32 Å². The molecule has 3 aromatic rings. The molecule has 0 amide bonds. The molecule has 120 valence electrons. The van der Waals surface area contributed by atoms with Crippen LogP contribution in [0.3, 0.4) is 0 Å². The summed E-state index contributed by atoms with van der Waals surface area (Å²) in [7, 11) is 0. The van der Waals surface area contributed by atoms with Crippen molar-refractivity contribution in [2.24, 2.45) is 0 Å². The quantitative estimate of drug-likeness (QED) is 0.753. The highest BCUT2D eigenvalue weighted by Gasteiger charge is 2.14. The van der Waals surface area contributed by atoms with E-state index in [1.54, 1.807) is 18.0 Å². The number of hydrogen-bond donors (Lipinski definition) is 1. The minimum Gasteiger partial charge on any atom is -0.319 e. The fourth-order valence-electron chi connectivity index (χ4n) is 2.21. The van der Waals surface area contributed by atoms with Crippen LogP contribution in [0, 0.1) is 11.6 Å². The molecule has 1 unspecified atom stereocenters. The summed E-state index contributed by atoms with van der Waals surface area (Å²) in [5, 5.41) is 13.3. The Hall–Kier alpha value is -2.19. The third-order valence-corrected chi connectivity index (χ3v) is 4.17. The lowest BCUT2D eigenvalue weighted by Crippen LogP contribution is -2.29. The predicted octanol–water partition coefficient (Wildman–Crippen LogP) is 2.86. The molecule has 0 aliphatic carbocycles. The fourth-order valence-corrected chi connectivity index (χ4v) is 2.94. The highest BCUT2D eigenvalue weighted by atomic mass is 32.1. The summed E-state index contributed by atoms with van der Waals surface area (Å²) < 4.78 is 29.4. The van der Waals surface area contributed by atoms with E-state index in [0.29, 0.717) is 12.2 Å². The van der Waals surface area contributed by atoms with Gasteiger partial charge in [-0.25, -0.2) is 13.8 Å². The minimum atomic E-state index is -0.601.